The molecule has 2 N–H and O–H groups in total. The van der Waals surface area contributed by atoms with Gasteiger partial charge in [0.15, 0.2) is 0 Å². The highest BCUT2D eigenvalue weighted by molar-refractivity contribution is 9.10. The second-order valence-corrected chi connectivity index (χ2v) is 4.51. The zero-order valence-corrected chi connectivity index (χ0v) is 10.5. The van der Waals surface area contributed by atoms with Crippen LogP contribution in [0.4, 0.5) is 0 Å². The Hall–Kier alpha value is -0.580. The summed E-state index contributed by atoms with van der Waals surface area (Å²) < 4.78 is 0.819. The fourth-order valence-electron chi connectivity index (χ4n) is 1.01. The molecule has 1 amide bonds. The lowest BCUT2D eigenvalue weighted by Gasteiger charge is -2.08. The van der Waals surface area contributed by atoms with Gasteiger partial charge in [-0.25, -0.2) is 0 Å². The molecule has 15 heavy (non-hydrogen) atoms. The van der Waals surface area contributed by atoms with Crippen LogP contribution in [0.1, 0.15) is 17.3 Å². The molecule has 0 unspecified atom stereocenters. The van der Waals surface area contributed by atoms with Crippen molar-refractivity contribution in [3.63, 3.8) is 0 Å². The van der Waals surface area contributed by atoms with Crippen LogP contribution in [0.25, 0.3) is 0 Å². The number of benzene rings is 1. The van der Waals surface area contributed by atoms with Gasteiger partial charge in [-0.15, -0.1) is 0 Å². The Bertz CT molecular complexity index is 368. The standard InChI is InChI=1S/C10H11BrClNO2/c1-6(14)5-13-10(15)8-3-2-7(11)4-9(8)12/h2-4,6,14H,5H2,1H3,(H,13,15)/t6-/m1/s1. The van der Waals surface area contributed by atoms with E-state index in [9.17, 15) is 4.79 Å². The zero-order chi connectivity index (χ0) is 11.4. The van der Waals surface area contributed by atoms with Crippen molar-refractivity contribution >= 4 is 33.4 Å². The van der Waals surface area contributed by atoms with Gasteiger partial charge in [-0.05, 0) is 25.1 Å². The van der Waals surface area contributed by atoms with Gasteiger partial charge in [0.1, 0.15) is 0 Å². The van der Waals surface area contributed by atoms with Crippen molar-refractivity contribution in [1.82, 2.24) is 5.32 Å². The van der Waals surface area contributed by atoms with Crippen molar-refractivity contribution in [2.75, 3.05) is 6.54 Å². The van der Waals surface area contributed by atoms with Crippen molar-refractivity contribution in [3.05, 3.63) is 33.3 Å². The molecule has 0 aromatic heterocycles. The summed E-state index contributed by atoms with van der Waals surface area (Å²) in [6.45, 7) is 1.81. The minimum absolute atomic E-state index is 0.214. The van der Waals surface area contributed by atoms with E-state index in [1.807, 2.05) is 0 Å². The molecule has 3 nitrogen and oxygen atoms in total. The predicted octanol–water partition coefficient (Wildman–Crippen LogP) is 2.21. The van der Waals surface area contributed by atoms with Gasteiger partial charge in [-0.3, -0.25) is 4.79 Å². The smallest absolute Gasteiger partial charge is 0.252 e. The van der Waals surface area contributed by atoms with Crippen molar-refractivity contribution in [1.29, 1.82) is 0 Å². The van der Waals surface area contributed by atoms with Gasteiger partial charge in [0.05, 0.1) is 16.7 Å². The molecule has 0 aliphatic carbocycles. The lowest BCUT2D eigenvalue weighted by molar-refractivity contribution is 0.0924. The largest absolute Gasteiger partial charge is 0.392 e. The molecule has 0 radical (unpaired) electrons. The van der Waals surface area contributed by atoms with Gasteiger partial charge in [0.25, 0.3) is 5.91 Å². The molecule has 0 fully saturated rings. The van der Waals surface area contributed by atoms with Crippen LogP contribution in [0.3, 0.4) is 0 Å². The summed E-state index contributed by atoms with van der Waals surface area (Å²) in [6.07, 6.45) is -0.567. The molecule has 0 aliphatic rings. The van der Waals surface area contributed by atoms with E-state index in [4.69, 9.17) is 16.7 Å². The van der Waals surface area contributed by atoms with E-state index in [2.05, 4.69) is 21.2 Å². The number of hydrogen-bond donors (Lipinski definition) is 2. The minimum atomic E-state index is -0.567. The van der Waals surface area contributed by atoms with Gasteiger partial charge in [-0.2, -0.15) is 0 Å². The number of nitrogens with one attached hydrogen (secondary N) is 1. The number of rotatable bonds is 3. The maximum atomic E-state index is 11.6. The molecule has 0 heterocycles. The average molecular weight is 293 g/mol. The highest BCUT2D eigenvalue weighted by Gasteiger charge is 2.10. The van der Waals surface area contributed by atoms with E-state index in [1.54, 1.807) is 25.1 Å². The van der Waals surface area contributed by atoms with Crippen LogP contribution >= 0.6 is 27.5 Å². The van der Waals surface area contributed by atoms with Gasteiger partial charge in [0, 0.05) is 11.0 Å². The quantitative estimate of drug-likeness (QED) is 0.897. The van der Waals surface area contributed by atoms with Crippen molar-refractivity contribution in [3.8, 4) is 0 Å². The van der Waals surface area contributed by atoms with Crippen LogP contribution in [-0.4, -0.2) is 23.7 Å². The first kappa shape index (κ1) is 12.5. The Morgan fingerprint density at radius 3 is 2.87 bits per heavy atom. The van der Waals surface area contributed by atoms with Crippen LogP contribution in [-0.2, 0) is 0 Å². The fourth-order valence-corrected chi connectivity index (χ4v) is 1.77. The number of carbonyl (C=O) groups is 1. The molecule has 0 spiro atoms. The normalized spacial score (nSPS) is 12.3. The molecule has 1 aromatic rings. The molecule has 0 saturated heterocycles. The lowest BCUT2D eigenvalue weighted by atomic mass is 10.2. The minimum Gasteiger partial charge on any atom is -0.392 e. The van der Waals surface area contributed by atoms with E-state index >= 15 is 0 Å². The fraction of sp³-hybridized carbons (Fsp3) is 0.300. The van der Waals surface area contributed by atoms with Crippen LogP contribution < -0.4 is 5.32 Å². The van der Waals surface area contributed by atoms with E-state index in [-0.39, 0.29) is 12.5 Å². The molecule has 0 bridgehead atoms. The lowest BCUT2D eigenvalue weighted by Crippen LogP contribution is -2.30. The molecular weight excluding hydrogens is 281 g/mol. The van der Waals surface area contributed by atoms with E-state index in [0.29, 0.717) is 10.6 Å². The molecule has 1 aromatic carbocycles. The van der Waals surface area contributed by atoms with Gasteiger partial charge < -0.3 is 10.4 Å². The van der Waals surface area contributed by atoms with E-state index in [1.165, 1.54) is 0 Å². The summed E-state index contributed by atoms with van der Waals surface area (Å²) in [5.41, 5.74) is 0.403. The van der Waals surface area contributed by atoms with Crippen LogP contribution in [0.5, 0.6) is 0 Å². The van der Waals surface area contributed by atoms with Gasteiger partial charge >= 0.3 is 0 Å². The number of hydrogen-bond acceptors (Lipinski definition) is 2. The number of carbonyl (C=O) groups excluding carboxylic acids is 1. The molecule has 82 valence electrons. The SMILES string of the molecule is C[C@@H](O)CNC(=O)c1ccc(Br)cc1Cl. The van der Waals surface area contributed by atoms with Crippen molar-refractivity contribution < 1.29 is 9.90 Å². The zero-order valence-electron chi connectivity index (χ0n) is 8.13. The maximum Gasteiger partial charge on any atom is 0.252 e. The van der Waals surface area contributed by atoms with E-state index < -0.39 is 6.10 Å². The maximum absolute atomic E-state index is 11.6. The third kappa shape index (κ3) is 3.81. The summed E-state index contributed by atoms with van der Waals surface area (Å²) in [4.78, 5) is 11.6. The molecule has 0 aliphatic heterocycles. The Kier molecular flexibility index (Phi) is 4.57. The van der Waals surface area contributed by atoms with E-state index in [0.717, 1.165) is 4.47 Å². The Morgan fingerprint density at radius 2 is 2.33 bits per heavy atom. The Balaban J connectivity index is 2.74. The molecule has 5 heteroatoms. The first-order valence-corrected chi connectivity index (χ1v) is 5.59. The van der Waals surface area contributed by atoms with Crippen LogP contribution in [0.15, 0.2) is 22.7 Å². The van der Waals surface area contributed by atoms with Crippen LogP contribution in [0, 0.1) is 0 Å². The number of halogens is 2. The molecule has 1 atom stereocenters. The third-order valence-corrected chi connectivity index (χ3v) is 2.54. The second kappa shape index (κ2) is 5.49. The highest BCUT2D eigenvalue weighted by atomic mass is 79.9. The number of amides is 1. The number of aliphatic hydroxyl groups is 1. The Morgan fingerprint density at radius 1 is 1.67 bits per heavy atom. The summed E-state index contributed by atoms with van der Waals surface area (Å²) in [5.74, 6) is -0.284. The predicted molar refractivity (Wildman–Crippen MR) is 63.2 cm³/mol. The Labute approximate surface area is 102 Å². The third-order valence-electron chi connectivity index (χ3n) is 1.73. The summed E-state index contributed by atoms with van der Waals surface area (Å²) in [7, 11) is 0. The van der Waals surface area contributed by atoms with Crippen LogP contribution in [0.2, 0.25) is 5.02 Å². The summed E-state index contributed by atoms with van der Waals surface area (Å²) >= 11 is 9.14. The summed E-state index contributed by atoms with van der Waals surface area (Å²) in [6, 6.07) is 5.02. The van der Waals surface area contributed by atoms with Crippen molar-refractivity contribution in [2.45, 2.75) is 13.0 Å². The first-order valence-electron chi connectivity index (χ1n) is 4.42. The van der Waals surface area contributed by atoms with Crippen molar-refractivity contribution in [2.24, 2.45) is 0 Å². The highest BCUT2D eigenvalue weighted by Crippen LogP contribution is 2.21. The topological polar surface area (TPSA) is 49.3 Å². The average Bonchev–Trinajstić information content (AvgIpc) is 2.14. The monoisotopic (exact) mass is 291 g/mol. The van der Waals surface area contributed by atoms with Gasteiger partial charge in [0.2, 0.25) is 0 Å². The molecular formula is C10H11BrClNO2. The summed E-state index contributed by atoms with van der Waals surface area (Å²) in [5, 5.41) is 12.0. The number of aliphatic hydroxyl groups excluding tert-OH is 1. The first-order chi connectivity index (χ1) is 7.00. The second-order valence-electron chi connectivity index (χ2n) is 3.18. The molecule has 1 rings (SSSR count). The molecule has 0 saturated carbocycles. The van der Waals surface area contributed by atoms with Gasteiger partial charge in [-0.1, -0.05) is 27.5 Å².